The Morgan fingerprint density at radius 3 is 2.31 bits per heavy atom. The first-order valence-corrected chi connectivity index (χ1v) is 4.15. The number of allylic oxidation sites excluding steroid dienone is 1. The molecule has 4 heteroatoms. The molecule has 0 saturated heterocycles. The second-order valence-corrected chi connectivity index (χ2v) is 2.92. The number of carboxylic acids is 1. The van der Waals surface area contributed by atoms with E-state index in [0.717, 1.165) is 0 Å². The standard InChI is InChI=1S/C9H15NO3/c1-4-5-8(11)10-7(3)6(2)9(12)13/h4-7H,1-3H3,(H,10,11)(H,12,13)/b5-4+. The predicted octanol–water partition coefficient (Wildman–Crippen LogP) is 0.788. The fraction of sp³-hybridized carbons (Fsp3) is 0.556. The van der Waals surface area contributed by atoms with Gasteiger partial charge in [-0.25, -0.2) is 0 Å². The molecule has 0 aliphatic heterocycles. The van der Waals surface area contributed by atoms with E-state index in [2.05, 4.69) is 5.32 Å². The lowest BCUT2D eigenvalue weighted by Crippen LogP contribution is -2.39. The number of amides is 1. The van der Waals surface area contributed by atoms with Gasteiger partial charge in [-0.05, 0) is 26.8 Å². The zero-order valence-electron chi connectivity index (χ0n) is 8.07. The summed E-state index contributed by atoms with van der Waals surface area (Å²) in [6.07, 6.45) is 2.97. The monoisotopic (exact) mass is 185 g/mol. The molecule has 0 aliphatic rings. The van der Waals surface area contributed by atoms with Gasteiger partial charge in [0.05, 0.1) is 5.92 Å². The van der Waals surface area contributed by atoms with E-state index in [9.17, 15) is 9.59 Å². The number of nitrogens with one attached hydrogen (secondary N) is 1. The Morgan fingerprint density at radius 2 is 1.92 bits per heavy atom. The minimum Gasteiger partial charge on any atom is -0.481 e. The molecule has 13 heavy (non-hydrogen) atoms. The summed E-state index contributed by atoms with van der Waals surface area (Å²) in [5.74, 6) is -1.74. The zero-order valence-corrected chi connectivity index (χ0v) is 8.07. The molecule has 2 atom stereocenters. The minimum absolute atomic E-state index is 0.261. The first kappa shape index (κ1) is 11.7. The third-order valence-electron chi connectivity index (χ3n) is 1.83. The van der Waals surface area contributed by atoms with Crippen LogP contribution in [-0.2, 0) is 9.59 Å². The van der Waals surface area contributed by atoms with Crippen LogP contribution in [0.3, 0.4) is 0 Å². The summed E-state index contributed by atoms with van der Waals surface area (Å²) in [4.78, 5) is 21.5. The van der Waals surface area contributed by atoms with Gasteiger partial charge >= 0.3 is 5.97 Å². The molecule has 0 rings (SSSR count). The molecule has 0 heterocycles. The van der Waals surface area contributed by atoms with Gasteiger partial charge in [-0.3, -0.25) is 9.59 Å². The number of hydrogen-bond acceptors (Lipinski definition) is 2. The van der Waals surface area contributed by atoms with Crippen molar-refractivity contribution in [2.45, 2.75) is 26.8 Å². The van der Waals surface area contributed by atoms with Crippen LogP contribution in [0.5, 0.6) is 0 Å². The summed E-state index contributed by atoms with van der Waals surface area (Å²) >= 11 is 0. The fourth-order valence-corrected chi connectivity index (χ4v) is 0.763. The Bertz CT molecular complexity index is 223. The number of carboxylic acid groups (broad SMARTS) is 1. The highest BCUT2D eigenvalue weighted by Crippen LogP contribution is 2.01. The molecule has 0 aromatic carbocycles. The molecule has 0 radical (unpaired) electrons. The summed E-state index contributed by atoms with van der Waals surface area (Å²) in [7, 11) is 0. The lowest BCUT2D eigenvalue weighted by Gasteiger charge is -2.16. The average Bonchev–Trinajstić information content (AvgIpc) is 2.03. The molecular formula is C9H15NO3. The van der Waals surface area contributed by atoms with Crippen molar-refractivity contribution >= 4 is 11.9 Å². The van der Waals surface area contributed by atoms with Gasteiger partial charge in [0.25, 0.3) is 0 Å². The number of hydrogen-bond donors (Lipinski definition) is 2. The van der Waals surface area contributed by atoms with Crippen LogP contribution < -0.4 is 5.32 Å². The number of aliphatic carboxylic acids is 1. The first-order chi connectivity index (χ1) is 5.99. The van der Waals surface area contributed by atoms with Gasteiger partial charge in [-0.2, -0.15) is 0 Å². The van der Waals surface area contributed by atoms with Gasteiger partial charge in [0.2, 0.25) is 5.91 Å². The highest BCUT2D eigenvalue weighted by molar-refractivity contribution is 5.88. The summed E-state index contributed by atoms with van der Waals surface area (Å²) in [6.45, 7) is 4.95. The highest BCUT2D eigenvalue weighted by Gasteiger charge is 2.19. The van der Waals surface area contributed by atoms with Crippen molar-refractivity contribution in [3.8, 4) is 0 Å². The summed E-state index contributed by atoms with van der Waals surface area (Å²) < 4.78 is 0. The third-order valence-corrected chi connectivity index (χ3v) is 1.83. The van der Waals surface area contributed by atoms with Crippen molar-refractivity contribution in [3.63, 3.8) is 0 Å². The van der Waals surface area contributed by atoms with Crippen LogP contribution in [0.15, 0.2) is 12.2 Å². The van der Waals surface area contributed by atoms with Gasteiger partial charge in [-0.15, -0.1) is 0 Å². The topological polar surface area (TPSA) is 66.4 Å². The fourth-order valence-electron chi connectivity index (χ4n) is 0.763. The van der Waals surface area contributed by atoms with Crippen molar-refractivity contribution in [2.24, 2.45) is 5.92 Å². The molecule has 0 aliphatic carbocycles. The van der Waals surface area contributed by atoms with Crippen molar-refractivity contribution in [3.05, 3.63) is 12.2 Å². The van der Waals surface area contributed by atoms with Crippen LogP contribution >= 0.6 is 0 Å². The Hall–Kier alpha value is -1.32. The van der Waals surface area contributed by atoms with E-state index in [1.165, 1.54) is 6.08 Å². The molecule has 0 bridgehead atoms. The highest BCUT2D eigenvalue weighted by atomic mass is 16.4. The minimum atomic E-state index is -0.909. The van der Waals surface area contributed by atoms with Crippen LogP contribution in [0, 0.1) is 5.92 Å². The molecule has 2 unspecified atom stereocenters. The quantitative estimate of drug-likeness (QED) is 0.636. The maximum absolute atomic E-state index is 11.0. The summed E-state index contributed by atoms with van der Waals surface area (Å²) in [5, 5.41) is 11.2. The Morgan fingerprint density at radius 1 is 1.38 bits per heavy atom. The zero-order chi connectivity index (χ0) is 10.4. The van der Waals surface area contributed by atoms with Gasteiger partial charge in [0.15, 0.2) is 0 Å². The molecule has 2 N–H and O–H groups in total. The second-order valence-electron chi connectivity index (χ2n) is 2.92. The summed E-state index contributed by atoms with van der Waals surface area (Å²) in [5.41, 5.74) is 0. The van der Waals surface area contributed by atoms with Crippen LogP contribution in [0.2, 0.25) is 0 Å². The van der Waals surface area contributed by atoms with Crippen molar-refractivity contribution < 1.29 is 14.7 Å². The lowest BCUT2D eigenvalue weighted by molar-refractivity contribution is -0.142. The van der Waals surface area contributed by atoms with Gasteiger partial charge in [-0.1, -0.05) is 6.08 Å². The molecule has 0 aromatic heterocycles. The maximum Gasteiger partial charge on any atom is 0.308 e. The van der Waals surface area contributed by atoms with Crippen LogP contribution in [0.1, 0.15) is 20.8 Å². The molecule has 1 amide bonds. The molecule has 4 nitrogen and oxygen atoms in total. The van der Waals surface area contributed by atoms with E-state index in [1.807, 2.05) is 0 Å². The van der Waals surface area contributed by atoms with Crippen LogP contribution in [0.25, 0.3) is 0 Å². The first-order valence-electron chi connectivity index (χ1n) is 4.15. The van der Waals surface area contributed by atoms with Crippen molar-refractivity contribution in [1.82, 2.24) is 5.32 Å². The van der Waals surface area contributed by atoms with Crippen LogP contribution in [-0.4, -0.2) is 23.0 Å². The third kappa shape index (κ3) is 4.30. The molecule has 0 fully saturated rings. The molecule has 74 valence electrons. The molecule has 0 saturated carbocycles. The second kappa shape index (κ2) is 5.35. The Kier molecular flexibility index (Phi) is 4.80. The predicted molar refractivity (Wildman–Crippen MR) is 49.2 cm³/mol. The van der Waals surface area contributed by atoms with E-state index in [-0.39, 0.29) is 11.9 Å². The number of rotatable bonds is 4. The van der Waals surface area contributed by atoms with E-state index in [4.69, 9.17) is 5.11 Å². The Labute approximate surface area is 77.6 Å². The van der Waals surface area contributed by atoms with E-state index >= 15 is 0 Å². The summed E-state index contributed by atoms with van der Waals surface area (Å²) in [6, 6.07) is -0.360. The molecule has 0 spiro atoms. The smallest absolute Gasteiger partial charge is 0.308 e. The van der Waals surface area contributed by atoms with Crippen LogP contribution in [0.4, 0.5) is 0 Å². The van der Waals surface area contributed by atoms with Gasteiger partial charge in [0.1, 0.15) is 0 Å². The Balaban J connectivity index is 4.06. The van der Waals surface area contributed by atoms with E-state index in [0.29, 0.717) is 0 Å². The normalized spacial score (nSPS) is 15.3. The van der Waals surface area contributed by atoms with Gasteiger partial charge in [0, 0.05) is 6.04 Å². The lowest BCUT2D eigenvalue weighted by atomic mass is 10.0. The SMILES string of the molecule is C/C=C/C(=O)NC(C)C(C)C(=O)O. The average molecular weight is 185 g/mol. The molecular weight excluding hydrogens is 170 g/mol. The van der Waals surface area contributed by atoms with E-state index < -0.39 is 11.9 Å². The van der Waals surface area contributed by atoms with Gasteiger partial charge < -0.3 is 10.4 Å². The number of carbonyl (C=O) groups excluding carboxylic acids is 1. The van der Waals surface area contributed by atoms with Crippen molar-refractivity contribution in [2.75, 3.05) is 0 Å². The largest absolute Gasteiger partial charge is 0.481 e. The maximum atomic E-state index is 11.0. The number of carbonyl (C=O) groups is 2. The van der Waals surface area contributed by atoms with E-state index in [1.54, 1.807) is 26.8 Å². The van der Waals surface area contributed by atoms with Crippen molar-refractivity contribution in [1.29, 1.82) is 0 Å². The molecule has 0 aromatic rings.